The summed E-state index contributed by atoms with van der Waals surface area (Å²) in [5.41, 5.74) is 0.825. The lowest BCUT2D eigenvalue weighted by Gasteiger charge is -2.17. The van der Waals surface area contributed by atoms with Gasteiger partial charge in [-0.25, -0.2) is 4.39 Å². The van der Waals surface area contributed by atoms with Gasteiger partial charge in [0, 0.05) is 6.04 Å². The molecular weight excluding hydrogens is 271 g/mol. The van der Waals surface area contributed by atoms with E-state index in [4.69, 9.17) is 11.2 Å². The maximum Gasteiger partial charge on any atom is 0.261 e. The van der Waals surface area contributed by atoms with Gasteiger partial charge in [-0.3, -0.25) is 4.79 Å². The van der Waals surface area contributed by atoms with Crippen LogP contribution in [-0.4, -0.2) is 25.1 Å². The number of amides is 1. The Balaban J connectivity index is 2.72. The molecule has 0 aliphatic rings. The lowest BCUT2D eigenvalue weighted by molar-refractivity contribution is -0.127. The van der Waals surface area contributed by atoms with Crippen LogP contribution >= 0.6 is 0 Å². The number of benzene rings is 1. The normalized spacial score (nSPS) is 13.1. The molecule has 1 aromatic carbocycles. The molecule has 1 aromatic rings. The minimum atomic E-state index is -0.815. The lowest BCUT2D eigenvalue weighted by Crippen LogP contribution is -2.36. The summed E-state index contributed by atoms with van der Waals surface area (Å²) in [4.78, 5) is 11.6. The fourth-order valence-electron chi connectivity index (χ4n) is 1.83. The molecular formula is C16H21FN2O2. The summed E-state index contributed by atoms with van der Waals surface area (Å²) in [5.74, 6) is 1.47. The number of hydrogen-bond acceptors (Lipinski definition) is 3. The van der Waals surface area contributed by atoms with Gasteiger partial charge in [0.1, 0.15) is 0 Å². The van der Waals surface area contributed by atoms with Crippen molar-refractivity contribution in [2.75, 3.05) is 13.1 Å². The Bertz CT molecular complexity index is 525. The molecule has 4 nitrogen and oxygen atoms in total. The van der Waals surface area contributed by atoms with E-state index >= 15 is 0 Å². The molecule has 0 aliphatic heterocycles. The number of ether oxygens (including phenoxy) is 1. The molecule has 2 atom stereocenters. The molecule has 0 heterocycles. The maximum atomic E-state index is 14.0. The van der Waals surface area contributed by atoms with Gasteiger partial charge >= 0.3 is 0 Å². The van der Waals surface area contributed by atoms with E-state index in [1.165, 1.54) is 12.1 Å². The summed E-state index contributed by atoms with van der Waals surface area (Å²) in [6.07, 6.45) is 4.24. The van der Waals surface area contributed by atoms with Gasteiger partial charge < -0.3 is 15.4 Å². The minimum absolute atomic E-state index is 0.0470. The van der Waals surface area contributed by atoms with Crippen molar-refractivity contribution >= 4 is 5.91 Å². The van der Waals surface area contributed by atoms with E-state index < -0.39 is 11.9 Å². The molecule has 0 aromatic heterocycles. The molecule has 0 saturated heterocycles. The quantitative estimate of drug-likeness (QED) is 0.756. The third-order valence-electron chi connectivity index (χ3n) is 3.00. The summed E-state index contributed by atoms with van der Waals surface area (Å²) < 4.78 is 19.3. The van der Waals surface area contributed by atoms with Gasteiger partial charge in [0.25, 0.3) is 5.91 Å². The number of hydrogen-bond donors (Lipinski definition) is 2. The molecule has 1 amide bonds. The average molecular weight is 292 g/mol. The van der Waals surface area contributed by atoms with Gasteiger partial charge in [-0.05, 0) is 38.1 Å². The zero-order valence-corrected chi connectivity index (χ0v) is 12.6. The number of halogens is 1. The summed E-state index contributed by atoms with van der Waals surface area (Å²) >= 11 is 0. The molecule has 2 unspecified atom stereocenters. The second-order valence-electron chi connectivity index (χ2n) is 4.65. The highest BCUT2D eigenvalue weighted by atomic mass is 19.1. The predicted octanol–water partition coefficient (Wildman–Crippen LogP) is 2.01. The molecule has 0 fully saturated rings. The second kappa shape index (κ2) is 8.28. The smallest absolute Gasteiger partial charge is 0.261 e. The van der Waals surface area contributed by atoms with Gasteiger partial charge in [-0.2, -0.15) is 0 Å². The van der Waals surface area contributed by atoms with E-state index in [1.54, 1.807) is 13.0 Å². The van der Waals surface area contributed by atoms with E-state index in [1.807, 2.05) is 13.8 Å². The summed E-state index contributed by atoms with van der Waals surface area (Å²) in [6.45, 7) is 6.40. The first-order chi connectivity index (χ1) is 9.99. The lowest BCUT2D eigenvalue weighted by atomic mass is 10.1. The molecule has 0 radical (unpaired) electrons. The molecule has 5 heteroatoms. The van der Waals surface area contributed by atoms with Crippen molar-refractivity contribution in [3.8, 4) is 18.1 Å². The Kier molecular flexibility index (Phi) is 6.70. The first kappa shape index (κ1) is 17.0. The Morgan fingerprint density at radius 1 is 1.48 bits per heavy atom. The van der Waals surface area contributed by atoms with Crippen LogP contribution in [0.5, 0.6) is 5.75 Å². The molecule has 0 spiro atoms. The van der Waals surface area contributed by atoms with Crippen molar-refractivity contribution in [1.82, 2.24) is 10.6 Å². The molecule has 0 bridgehead atoms. The van der Waals surface area contributed by atoms with Crippen LogP contribution in [0.4, 0.5) is 4.39 Å². The van der Waals surface area contributed by atoms with Crippen molar-refractivity contribution in [2.45, 2.75) is 32.9 Å². The van der Waals surface area contributed by atoms with Crippen LogP contribution in [0, 0.1) is 18.2 Å². The van der Waals surface area contributed by atoms with E-state index in [0.717, 1.165) is 12.1 Å². The zero-order chi connectivity index (χ0) is 15.8. The van der Waals surface area contributed by atoms with Crippen LogP contribution in [-0.2, 0) is 4.79 Å². The van der Waals surface area contributed by atoms with Gasteiger partial charge in [-0.1, -0.05) is 18.9 Å². The third-order valence-corrected chi connectivity index (χ3v) is 3.00. The fraction of sp³-hybridized carbons (Fsp3) is 0.438. The molecule has 1 rings (SSSR count). The number of rotatable bonds is 7. The van der Waals surface area contributed by atoms with Crippen molar-refractivity contribution in [1.29, 1.82) is 0 Å². The van der Waals surface area contributed by atoms with E-state index in [2.05, 4.69) is 16.6 Å². The van der Waals surface area contributed by atoms with Crippen molar-refractivity contribution in [2.24, 2.45) is 0 Å². The van der Waals surface area contributed by atoms with Gasteiger partial charge in [0.2, 0.25) is 0 Å². The van der Waals surface area contributed by atoms with Crippen molar-refractivity contribution in [3.63, 3.8) is 0 Å². The van der Waals surface area contributed by atoms with E-state index in [0.29, 0.717) is 0 Å². The molecule has 2 N–H and O–H groups in total. The summed E-state index contributed by atoms with van der Waals surface area (Å²) in [7, 11) is 0. The monoisotopic (exact) mass is 292 g/mol. The summed E-state index contributed by atoms with van der Waals surface area (Å²) in [6, 6.07) is 4.77. The highest BCUT2D eigenvalue weighted by Gasteiger charge is 2.16. The second-order valence-corrected chi connectivity index (χ2v) is 4.65. The van der Waals surface area contributed by atoms with Crippen LogP contribution in [0.15, 0.2) is 18.2 Å². The minimum Gasteiger partial charge on any atom is -0.478 e. The van der Waals surface area contributed by atoms with Gasteiger partial charge in [-0.15, -0.1) is 6.42 Å². The fourth-order valence-corrected chi connectivity index (χ4v) is 1.83. The molecule has 21 heavy (non-hydrogen) atoms. The molecule has 0 aliphatic carbocycles. The first-order valence-corrected chi connectivity index (χ1v) is 6.90. The predicted molar refractivity (Wildman–Crippen MR) is 80.4 cm³/mol. The highest BCUT2D eigenvalue weighted by Crippen LogP contribution is 2.23. The van der Waals surface area contributed by atoms with Crippen LogP contribution in [0.2, 0.25) is 0 Å². The number of nitrogens with one attached hydrogen (secondary N) is 2. The largest absolute Gasteiger partial charge is 0.478 e. The summed E-state index contributed by atoms with van der Waals surface area (Å²) in [5, 5.41) is 5.69. The Labute approximate surface area is 125 Å². The first-order valence-electron chi connectivity index (χ1n) is 6.90. The molecule has 114 valence electrons. The SMILES string of the molecule is C#CCNC(=O)C(C)Oc1ccc(C(C)NCC)cc1F. The maximum absolute atomic E-state index is 14.0. The zero-order valence-electron chi connectivity index (χ0n) is 12.6. The van der Waals surface area contributed by atoms with Crippen LogP contribution < -0.4 is 15.4 Å². The standard InChI is InChI=1S/C16H21FN2O2/c1-5-9-19-16(20)12(4)21-15-8-7-13(10-14(15)17)11(3)18-6-2/h1,7-8,10-12,18H,6,9H2,2-4H3,(H,19,20). The van der Waals surface area contributed by atoms with Gasteiger partial charge in [0.15, 0.2) is 17.7 Å². The van der Waals surface area contributed by atoms with Gasteiger partial charge in [0.05, 0.1) is 6.54 Å². The van der Waals surface area contributed by atoms with Crippen LogP contribution in [0.1, 0.15) is 32.4 Å². The Morgan fingerprint density at radius 3 is 2.76 bits per heavy atom. The van der Waals surface area contributed by atoms with E-state index in [-0.39, 0.29) is 24.2 Å². The van der Waals surface area contributed by atoms with Crippen LogP contribution in [0.3, 0.4) is 0 Å². The average Bonchev–Trinajstić information content (AvgIpc) is 2.46. The number of carbonyl (C=O) groups excluding carboxylic acids is 1. The van der Waals surface area contributed by atoms with Crippen molar-refractivity contribution < 1.29 is 13.9 Å². The number of terminal acetylenes is 1. The Hall–Kier alpha value is -2.06. The third kappa shape index (κ3) is 5.09. The van der Waals surface area contributed by atoms with Crippen molar-refractivity contribution in [3.05, 3.63) is 29.6 Å². The Morgan fingerprint density at radius 2 is 2.19 bits per heavy atom. The highest BCUT2D eigenvalue weighted by molar-refractivity contribution is 5.80. The molecule has 0 saturated carbocycles. The van der Waals surface area contributed by atoms with E-state index in [9.17, 15) is 9.18 Å². The number of carbonyl (C=O) groups is 1. The van der Waals surface area contributed by atoms with Crippen LogP contribution in [0.25, 0.3) is 0 Å². The topological polar surface area (TPSA) is 50.4 Å².